The first-order valence-electron chi connectivity index (χ1n) is 6.49. The Balaban J connectivity index is 2.25. The summed E-state index contributed by atoms with van der Waals surface area (Å²) in [6, 6.07) is 2.22. The van der Waals surface area contributed by atoms with E-state index in [1.807, 2.05) is 13.8 Å². The lowest BCUT2D eigenvalue weighted by Crippen LogP contribution is -2.24. The van der Waals surface area contributed by atoms with E-state index in [-0.39, 0.29) is 27.9 Å². The predicted octanol–water partition coefficient (Wildman–Crippen LogP) is 3.24. The predicted molar refractivity (Wildman–Crippen MR) is 84.2 cm³/mol. The molecular formula is C13H15ClFN3O2S2. The van der Waals surface area contributed by atoms with Crippen LogP contribution in [-0.2, 0) is 16.6 Å². The number of aromatic nitrogens is 2. The second-order valence-electron chi connectivity index (χ2n) is 5.09. The molecule has 2 rings (SSSR count). The number of nitrogens with zero attached hydrogens (tertiary/aromatic N) is 2. The van der Waals surface area contributed by atoms with Crippen LogP contribution in [0.5, 0.6) is 0 Å². The molecule has 0 aliphatic carbocycles. The van der Waals surface area contributed by atoms with Gasteiger partial charge in [0.1, 0.15) is 10.7 Å². The summed E-state index contributed by atoms with van der Waals surface area (Å²) in [7, 11) is -3.85. The molecule has 5 nitrogen and oxygen atoms in total. The van der Waals surface area contributed by atoms with Crippen LogP contribution in [0, 0.1) is 12.7 Å². The Morgan fingerprint density at radius 1 is 1.41 bits per heavy atom. The highest BCUT2D eigenvalue weighted by Gasteiger charge is 2.21. The normalized spacial score (nSPS) is 12.1. The number of benzene rings is 1. The van der Waals surface area contributed by atoms with Gasteiger partial charge in [0, 0.05) is 6.54 Å². The number of aryl methyl sites for hydroxylation is 1. The van der Waals surface area contributed by atoms with Crippen LogP contribution in [0.1, 0.15) is 35.9 Å². The van der Waals surface area contributed by atoms with Crippen molar-refractivity contribution in [2.24, 2.45) is 0 Å². The van der Waals surface area contributed by atoms with Gasteiger partial charge in [0.2, 0.25) is 10.0 Å². The largest absolute Gasteiger partial charge is 0.242 e. The highest BCUT2D eigenvalue weighted by molar-refractivity contribution is 7.89. The molecule has 0 aliphatic heterocycles. The minimum atomic E-state index is -3.85. The molecule has 1 N–H and O–H groups in total. The minimum absolute atomic E-state index is 0.0697. The highest BCUT2D eigenvalue weighted by Crippen LogP contribution is 2.25. The Kier molecular flexibility index (Phi) is 5.16. The van der Waals surface area contributed by atoms with Gasteiger partial charge < -0.3 is 0 Å². The molecule has 22 heavy (non-hydrogen) atoms. The van der Waals surface area contributed by atoms with Crippen molar-refractivity contribution in [2.75, 3.05) is 0 Å². The molecular weight excluding hydrogens is 349 g/mol. The minimum Gasteiger partial charge on any atom is -0.207 e. The van der Waals surface area contributed by atoms with Crippen LogP contribution in [0.15, 0.2) is 17.0 Å². The first-order valence-corrected chi connectivity index (χ1v) is 9.12. The van der Waals surface area contributed by atoms with Crippen molar-refractivity contribution in [1.29, 1.82) is 0 Å². The summed E-state index contributed by atoms with van der Waals surface area (Å²) in [6.45, 7) is 5.46. The molecule has 1 heterocycles. The van der Waals surface area contributed by atoms with Gasteiger partial charge in [0.25, 0.3) is 0 Å². The second kappa shape index (κ2) is 6.57. The van der Waals surface area contributed by atoms with Crippen LogP contribution in [0.3, 0.4) is 0 Å². The van der Waals surface area contributed by atoms with Crippen molar-refractivity contribution in [2.45, 2.75) is 38.1 Å². The van der Waals surface area contributed by atoms with Gasteiger partial charge in [0.05, 0.1) is 15.6 Å². The lowest BCUT2D eigenvalue weighted by molar-refractivity contribution is 0.579. The fourth-order valence-electron chi connectivity index (χ4n) is 1.85. The van der Waals surface area contributed by atoms with Crippen molar-refractivity contribution in [3.05, 3.63) is 39.1 Å². The maximum atomic E-state index is 13.4. The number of halogens is 2. The van der Waals surface area contributed by atoms with Gasteiger partial charge in [-0.2, -0.15) is 0 Å². The van der Waals surface area contributed by atoms with E-state index in [9.17, 15) is 12.8 Å². The average Bonchev–Trinajstić information content (AvgIpc) is 2.89. The molecule has 0 saturated carbocycles. The summed E-state index contributed by atoms with van der Waals surface area (Å²) in [4.78, 5) is 0.602. The SMILES string of the molecule is Cc1cc(S(=O)(=O)NCc2snnc2C(C)C)c(Cl)cc1F. The van der Waals surface area contributed by atoms with Gasteiger partial charge in [-0.1, -0.05) is 29.9 Å². The van der Waals surface area contributed by atoms with Crippen LogP contribution in [-0.4, -0.2) is 18.0 Å². The van der Waals surface area contributed by atoms with E-state index in [4.69, 9.17) is 11.6 Å². The first kappa shape index (κ1) is 17.3. The monoisotopic (exact) mass is 363 g/mol. The fraction of sp³-hybridized carbons (Fsp3) is 0.385. The van der Waals surface area contributed by atoms with Crippen molar-refractivity contribution in [3.63, 3.8) is 0 Å². The molecule has 1 aromatic carbocycles. The van der Waals surface area contributed by atoms with Gasteiger partial charge in [-0.3, -0.25) is 0 Å². The Morgan fingerprint density at radius 2 is 2.09 bits per heavy atom. The summed E-state index contributed by atoms with van der Waals surface area (Å²) in [5, 5.41) is 3.84. The average molecular weight is 364 g/mol. The molecule has 0 bridgehead atoms. The van der Waals surface area contributed by atoms with Gasteiger partial charge in [0.15, 0.2) is 0 Å². The first-order chi connectivity index (χ1) is 10.2. The zero-order valence-corrected chi connectivity index (χ0v) is 14.6. The fourth-order valence-corrected chi connectivity index (χ4v) is 4.27. The van der Waals surface area contributed by atoms with E-state index in [0.29, 0.717) is 0 Å². The number of hydrogen-bond donors (Lipinski definition) is 1. The zero-order valence-electron chi connectivity index (χ0n) is 12.2. The third-order valence-electron chi connectivity index (χ3n) is 3.06. The number of hydrogen-bond acceptors (Lipinski definition) is 5. The van der Waals surface area contributed by atoms with E-state index in [1.165, 1.54) is 13.0 Å². The van der Waals surface area contributed by atoms with E-state index >= 15 is 0 Å². The molecule has 0 spiro atoms. The van der Waals surface area contributed by atoms with Crippen LogP contribution in [0.25, 0.3) is 0 Å². The topological polar surface area (TPSA) is 72.0 Å². The molecule has 120 valence electrons. The lowest BCUT2D eigenvalue weighted by atomic mass is 10.1. The summed E-state index contributed by atoms with van der Waals surface area (Å²) >= 11 is 6.99. The maximum Gasteiger partial charge on any atom is 0.242 e. The van der Waals surface area contributed by atoms with Crippen molar-refractivity contribution in [3.8, 4) is 0 Å². The summed E-state index contributed by atoms with van der Waals surface area (Å²) in [6.07, 6.45) is 0. The van der Waals surface area contributed by atoms with E-state index in [0.717, 1.165) is 28.2 Å². The van der Waals surface area contributed by atoms with Crippen molar-refractivity contribution in [1.82, 2.24) is 14.3 Å². The Hall–Kier alpha value is -1.09. The summed E-state index contributed by atoms with van der Waals surface area (Å²) < 4.78 is 44.4. The molecule has 0 aliphatic rings. The molecule has 0 amide bonds. The number of rotatable bonds is 5. The Bertz CT molecular complexity index is 791. The molecule has 0 unspecified atom stereocenters. The summed E-state index contributed by atoms with van der Waals surface area (Å²) in [5.74, 6) is -0.396. The Labute approximate surface area is 137 Å². The molecule has 0 fully saturated rings. The van der Waals surface area contributed by atoms with Crippen LogP contribution >= 0.6 is 23.1 Å². The van der Waals surface area contributed by atoms with Gasteiger partial charge in [-0.25, -0.2) is 17.5 Å². The number of sulfonamides is 1. The van der Waals surface area contributed by atoms with Gasteiger partial charge >= 0.3 is 0 Å². The van der Waals surface area contributed by atoms with E-state index in [1.54, 1.807) is 0 Å². The van der Waals surface area contributed by atoms with Crippen LogP contribution in [0.2, 0.25) is 5.02 Å². The quantitative estimate of drug-likeness (QED) is 0.885. The molecule has 2 aromatic rings. The molecule has 9 heteroatoms. The molecule has 0 saturated heterocycles. The standard InChI is InChI=1S/C13H15ClFN3O2S2/c1-7(2)13-11(21-18-17-13)6-16-22(19,20)12-4-8(3)10(15)5-9(12)14/h4-5,7,16H,6H2,1-3H3. The highest BCUT2D eigenvalue weighted by atomic mass is 35.5. The van der Waals surface area contributed by atoms with Crippen LogP contribution in [0.4, 0.5) is 4.39 Å². The third kappa shape index (κ3) is 3.62. The smallest absolute Gasteiger partial charge is 0.207 e. The van der Waals surface area contributed by atoms with Gasteiger partial charge in [-0.15, -0.1) is 5.10 Å². The molecule has 1 aromatic heterocycles. The maximum absolute atomic E-state index is 13.4. The Morgan fingerprint density at radius 3 is 2.73 bits per heavy atom. The van der Waals surface area contributed by atoms with Crippen molar-refractivity contribution >= 4 is 33.2 Å². The van der Waals surface area contributed by atoms with Crippen LogP contribution < -0.4 is 4.72 Å². The zero-order chi connectivity index (χ0) is 16.5. The van der Waals surface area contributed by atoms with Crippen molar-refractivity contribution < 1.29 is 12.8 Å². The molecule has 0 radical (unpaired) electrons. The summed E-state index contributed by atoms with van der Waals surface area (Å²) in [5.41, 5.74) is 0.973. The van der Waals surface area contributed by atoms with E-state index in [2.05, 4.69) is 14.3 Å². The van der Waals surface area contributed by atoms with E-state index < -0.39 is 15.8 Å². The third-order valence-corrected chi connectivity index (χ3v) is 5.66. The van der Waals surface area contributed by atoms with Gasteiger partial charge in [-0.05, 0) is 42.1 Å². The number of nitrogens with one attached hydrogen (secondary N) is 1. The molecule has 0 atom stereocenters. The second-order valence-corrected chi connectivity index (χ2v) is 8.07. The lowest BCUT2D eigenvalue weighted by Gasteiger charge is -2.10.